The van der Waals surface area contributed by atoms with Gasteiger partial charge in [-0.2, -0.15) is 0 Å². The number of unbranched alkanes of at least 4 members (excludes halogenated alkanes) is 1. The van der Waals surface area contributed by atoms with Crippen LogP contribution in [0.5, 0.6) is 0 Å². The van der Waals surface area contributed by atoms with Crippen molar-refractivity contribution in [3.63, 3.8) is 0 Å². The van der Waals surface area contributed by atoms with Crippen LogP contribution in [0.2, 0.25) is 0 Å². The first kappa shape index (κ1) is 15.4. The van der Waals surface area contributed by atoms with Gasteiger partial charge in [0.1, 0.15) is 0 Å². The van der Waals surface area contributed by atoms with Crippen LogP contribution in [-0.2, 0) is 9.53 Å². The van der Waals surface area contributed by atoms with Crippen molar-refractivity contribution in [3.8, 4) is 0 Å². The molecule has 0 aliphatic rings. The van der Waals surface area contributed by atoms with Crippen molar-refractivity contribution >= 4 is 5.97 Å². The van der Waals surface area contributed by atoms with E-state index in [4.69, 9.17) is 4.74 Å². The maximum absolute atomic E-state index is 11.9. The highest BCUT2D eigenvalue weighted by Crippen LogP contribution is 2.38. The fourth-order valence-corrected chi connectivity index (χ4v) is 1.90. The van der Waals surface area contributed by atoms with Crippen molar-refractivity contribution in [2.75, 3.05) is 6.61 Å². The SMILES string of the molecule is CCCCC(O)(CC)C(C)(C)C(=O)OCC. The van der Waals surface area contributed by atoms with E-state index >= 15 is 0 Å². The highest BCUT2D eigenvalue weighted by molar-refractivity contribution is 5.77. The van der Waals surface area contributed by atoms with Crippen LogP contribution in [0.1, 0.15) is 60.3 Å². The lowest BCUT2D eigenvalue weighted by atomic mass is 9.70. The molecular formula is C13H26O3. The van der Waals surface area contributed by atoms with Gasteiger partial charge >= 0.3 is 5.97 Å². The Balaban J connectivity index is 4.82. The molecule has 1 atom stereocenters. The predicted molar refractivity (Wildman–Crippen MR) is 65.2 cm³/mol. The highest BCUT2D eigenvalue weighted by atomic mass is 16.5. The van der Waals surface area contributed by atoms with Crippen LogP contribution >= 0.6 is 0 Å². The highest BCUT2D eigenvalue weighted by Gasteiger charge is 2.48. The Morgan fingerprint density at radius 2 is 1.81 bits per heavy atom. The molecule has 1 unspecified atom stereocenters. The minimum atomic E-state index is -0.963. The monoisotopic (exact) mass is 230 g/mol. The molecule has 0 rings (SSSR count). The van der Waals surface area contributed by atoms with E-state index < -0.39 is 11.0 Å². The lowest BCUT2D eigenvalue weighted by Gasteiger charge is -2.40. The smallest absolute Gasteiger partial charge is 0.314 e. The Kier molecular flexibility index (Phi) is 6.01. The molecule has 3 heteroatoms. The number of esters is 1. The molecule has 0 aromatic heterocycles. The van der Waals surface area contributed by atoms with Gasteiger partial charge in [0, 0.05) is 0 Å². The Morgan fingerprint density at radius 1 is 1.25 bits per heavy atom. The minimum absolute atomic E-state index is 0.310. The van der Waals surface area contributed by atoms with Gasteiger partial charge in [0.25, 0.3) is 0 Å². The number of rotatable bonds is 7. The molecule has 96 valence electrons. The summed E-state index contributed by atoms with van der Waals surface area (Å²) in [7, 11) is 0. The minimum Gasteiger partial charge on any atom is -0.465 e. The van der Waals surface area contributed by atoms with Gasteiger partial charge in [0.2, 0.25) is 0 Å². The van der Waals surface area contributed by atoms with Crippen LogP contribution < -0.4 is 0 Å². The number of hydrogen-bond donors (Lipinski definition) is 1. The first-order valence-electron chi connectivity index (χ1n) is 6.25. The zero-order valence-electron chi connectivity index (χ0n) is 11.3. The summed E-state index contributed by atoms with van der Waals surface area (Å²) in [6.45, 7) is 9.67. The molecule has 1 N–H and O–H groups in total. The standard InChI is InChI=1S/C13H26O3/c1-6-9-10-13(15,7-2)12(4,5)11(14)16-8-3/h15H,6-10H2,1-5H3. The molecule has 0 radical (unpaired) electrons. The fourth-order valence-electron chi connectivity index (χ4n) is 1.90. The Hall–Kier alpha value is -0.570. The van der Waals surface area contributed by atoms with Gasteiger partial charge in [0.15, 0.2) is 0 Å². The second-order valence-corrected chi connectivity index (χ2v) is 4.83. The van der Waals surface area contributed by atoms with Gasteiger partial charge in [-0.1, -0.05) is 26.7 Å². The van der Waals surface area contributed by atoms with E-state index in [1.54, 1.807) is 20.8 Å². The van der Waals surface area contributed by atoms with Crippen molar-refractivity contribution in [1.82, 2.24) is 0 Å². The molecule has 0 bridgehead atoms. The number of carbonyl (C=O) groups excluding carboxylic acids is 1. The summed E-state index contributed by atoms with van der Waals surface area (Å²) in [5, 5.41) is 10.6. The first-order chi connectivity index (χ1) is 7.35. The van der Waals surface area contributed by atoms with Crippen molar-refractivity contribution in [2.45, 2.75) is 65.9 Å². The molecule has 0 saturated heterocycles. The van der Waals surface area contributed by atoms with Gasteiger partial charge in [-0.3, -0.25) is 4.79 Å². The Morgan fingerprint density at radius 3 is 2.19 bits per heavy atom. The molecule has 0 saturated carbocycles. The topological polar surface area (TPSA) is 46.5 Å². The van der Waals surface area contributed by atoms with Gasteiger partial charge < -0.3 is 9.84 Å². The third-order valence-electron chi connectivity index (χ3n) is 3.48. The third kappa shape index (κ3) is 3.21. The molecular weight excluding hydrogens is 204 g/mol. The number of aliphatic hydroxyl groups is 1. The van der Waals surface area contributed by atoms with Crippen LogP contribution in [0, 0.1) is 5.41 Å². The first-order valence-corrected chi connectivity index (χ1v) is 6.25. The van der Waals surface area contributed by atoms with E-state index in [2.05, 4.69) is 6.92 Å². The largest absolute Gasteiger partial charge is 0.465 e. The van der Waals surface area contributed by atoms with Crippen molar-refractivity contribution in [1.29, 1.82) is 0 Å². The predicted octanol–water partition coefficient (Wildman–Crippen LogP) is 2.91. The zero-order valence-corrected chi connectivity index (χ0v) is 11.3. The molecule has 0 amide bonds. The lowest BCUT2D eigenvalue weighted by Crippen LogP contribution is -2.50. The molecule has 0 fully saturated rings. The summed E-state index contributed by atoms with van der Waals surface area (Å²) < 4.78 is 5.04. The third-order valence-corrected chi connectivity index (χ3v) is 3.48. The fraction of sp³-hybridized carbons (Fsp3) is 0.923. The van der Waals surface area contributed by atoms with Crippen LogP contribution in [0.25, 0.3) is 0 Å². The molecule has 0 spiro atoms. The van der Waals surface area contributed by atoms with E-state index in [1.165, 1.54) is 0 Å². The van der Waals surface area contributed by atoms with E-state index in [0.29, 0.717) is 19.4 Å². The molecule has 0 aromatic rings. The normalized spacial score (nSPS) is 15.6. The van der Waals surface area contributed by atoms with Crippen LogP contribution in [0.3, 0.4) is 0 Å². The lowest BCUT2D eigenvalue weighted by molar-refractivity contribution is -0.172. The van der Waals surface area contributed by atoms with Crippen molar-refractivity contribution < 1.29 is 14.6 Å². The quantitative estimate of drug-likeness (QED) is 0.684. The van der Waals surface area contributed by atoms with Crippen molar-refractivity contribution in [2.24, 2.45) is 5.41 Å². The van der Waals surface area contributed by atoms with E-state index in [9.17, 15) is 9.90 Å². The van der Waals surface area contributed by atoms with Crippen LogP contribution in [-0.4, -0.2) is 23.3 Å². The summed E-state index contributed by atoms with van der Waals surface area (Å²) in [5.41, 5.74) is -1.80. The molecule has 0 aliphatic carbocycles. The molecule has 0 heterocycles. The second-order valence-electron chi connectivity index (χ2n) is 4.83. The summed E-state index contributed by atoms with van der Waals surface area (Å²) in [6, 6.07) is 0. The molecule has 3 nitrogen and oxygen atoms in total. The molecule has 16 heavy (non-hydrogen) atoms. The van der Waals surface area contributed by atoms with E-state index in [-0.39, 0.29) is 5.97 Å². The summed E-state index contributed by atoms with van der Waals surface area (Å²) in [4.78, 5) is 11.9. The number of carbonyl (C=O) groups is 1. The second kappa shape index (κ2) is 6.24. The zero-order chi connectivity index (χ0) is 12.8. The Bertz CT molecular complexity index is 223. The summed E-state index contributed by atoms with van der Waals surface area (Å²) in [6.07, 6.45) is 3.15. The average molecular weight is 230 g/mol. The maximum Gasteiger partial charge on any atom is 0.314 e. The van der Waals surface area contributed by atoms with Gasteiger partial charge in [-0.15, -0.1) is 0 Å². The molecule has 0 aromatic carbocycles. The van der Waals surface area contributed by atoms with Gasteiger partial charge in [-0.25, -0.2) is 0 Å². The van der Waals surface area contributed by atoms with E-state index in [1.807, 2.05) is 6.92 Å². The number of hydrogen-bond acceptors (Lipinski definition) is 3. The van der Waals surface area contributed by atoms with Gasteiger partial charge in [-0.05, 0) is 33.6 Å². The molecule has 0 aliphatic heterocycles. The van der Waals surface area contributed by atoms with Crippen molar-refractivity contribution in [3.05, 3.63) is 0 Å². The summed E-state index contributed by atoms with van der Waals surface area (Å²) >= 11 is 0. The van der Waals surface area contributed by atoms with Crippen LogP contribution in [0.4, 0.5) is 0 Å². The van der Waals surface area contributed by atoms with Crippen LogP contribution in [0.15, 0.2) is 0 Å². The Labute approximate surface area is 99.2 Å². The maximum atomic E-state index is 11.9. The number of ether oxygens (including phenoxy) is 1. The van der Waals surface area contributed by atoms with E-state index in [0.717, 1.165) is 12.8 Å². The summed E-state index contributed by atoms with van der Waals surface area (Å²) in [5.74, 6) is -0.310. The average Bonchev–Trinajstić information content (AvgIpc) is 2.25. The van der Waals surface area contributed by atoms with Gasteiger partial charge in [0.05, 0.1) is 17.6 Å².